The van der Waals surface area contributed by atoms with E-state index in [9.17, 15) is 18.0 Å². The van der Waals surface area contributed by atoms with E-state index in [1.165, 1.54) is 18.4 Å². The van der Waals surface area contributed by atoms with E-state index >= 15 is 0 Å². The molecule has 1 rings (SSSR count). The van der Waals surface area contributed by atoms with Gasteiger partial charge in [0, 0.05) is 6.26 Å². The predicted octanol–water partition coefficient (Wildman–Crippen LogP) is 0.818. The Morgan fingerprint density at radius 2 is 2.06 bits per heavy atom. The minimum absolute atomic E-state index is 0.0518. The lowest BCUT2D eigenvalue weighted by Gasteiger charge is -2.09. The summed E-state index contributed by atoms with van der Waals surface area (Å²) in [4.78, 5) is 22.3. The van der Waals surface area contributed by atoms with Crippen molar-refractivity contribution in [3.63, 3.8) is 0 Å². The summed E-state index contributed by atoms with van der Waals surface area (Å²) in [5, 5.41) is 11.5. The molecule has 1 unspecified atom stereocenters. The van der Waals surface area contributed by atoms with Gasteiger partial charge in [0.05, 0.1) is 5.56 Å². The summed E-state index contributed by atoms with van der Waals surface area (Å²) in [6.45, 7) is 1.25. The molecule has 2 N–H and O–H groups in total. The van der Waals surface area contributed by atoms with E-state index in [0.29, 0.717) is 0 Å². The lowest BCUT2D eigenvalue weighted by molar-refractivity contribution is -0.115. The second-order valence-electron chi connectivity index (χ2n) is 3.43. The van der Waals surface area contributed by atoms with Crippen LogP contribution >= 0.6 is 11.3 Å². The fourth-order valence-corrected chi connectivity index (χ4v) is 2.21. The number of carbonyl (C=O) groups is 2. The fraction of sp³-hybridized carbons (Fsp3) is 0.333. The van der Waals surface area contributed by atoms with E-state index in [2.05, 4.69) is 5.32 Å². The van der Waals surface area contributed by atoms with Gasteiger partial charge in [0.1, 0.15) is 10.3 Å². The molecule has 0 bridgehead atoms. The van der Waals surface area contributed by atoms with Gasteiger partial charge in [0.15, 0.2) is 9.84 Å². The maximum absolute atomic E-state index is 11.6. The van der Waals surface area contributed by atoms with Crippen LogP contribution in [0.1, 0.15) is 17.3 Å². The van der Waals surface area contributed by atoms with Gasteiger partial charge in [0.25, 0.3) is 0 Å². The van der Waals surface area contributed by atoms with Crippen molar-refractivity contribution in [1.82, 2.24) is 0 Å². The Kier molecular flexibility index (Phi) is 3.89. The van der Waals surface area contributed by atoms with Crippen LogP contribution in [0, 0.1) is 0 Å². The number of anilines is 1. The third-order valence-electron chi connectivity index (χ3n) is 2.14. The maximum Gasteiger partial charge on any atom is 0.338 e. The first-order valence-electron chi connectivity index (χ1n) is 4.54. The highest BCUT2D eigenvalue weighted by Crippen LogP contribution is 2.23. The molecule has 6 nitrogen and oxygen atoms in total. The molecule has 0 aliphatic carbocycles. The third kappa shape index (κ3) is 3.27. The normalized spacial score (nSPS) is 13.1. The van der Waals surface area contributed by atoms with E-state index < -0.39 is 27.0 Å². The number of carboxylic acid groups (broad SMARTS) is 1. The van der Waals surface area contributed by atoms with Crippen molar-refractivity contribution in [2.45, 2.75) is 12.2 Å². The summed E-state index contributed by atoms with van der Waals surface area (Å²) in [6.07, 6.45) is 0.948. The zero-order chi connectivity index (χ0) is 13.2. The Morgan fingerprint density at radius 3 is 2.53 bits per heavy atom. The fourth-order valence-electron chi connectivity index (χ4n) is 0.982. The molecular formula is C9H11NO5S2. The predicted molar refractivity (Wildman–Crippen MR) is 64.2 cm³/mol. The number of carbonyl (C=O) groups excluding carboxylic acids is 1. The molecule has 1 heterocycles. The molecule has 0 aliphatic heterocycles. The van der Waals surface area contributed by atoms with Gasteiger partial charge in [-0.15, -0.1) is 11.3 Å². The number of hydrogen-bond donors (Lipinski definition) is 2. The van der Waals surface area contributed by atoms with Crippen LogP contribution in [0.25, 0.3) is 0 Å². The highest BCUT2D eigenvalue weighted by Gasteiger charge is 2.25. The molecule has 17 heavy (non-hydrogen) atoms. The van der Waals surface area contributed by atoms with Crippen molar-refractivity contribution < 1.29 is 23.1 Å². The minimum Gasteiger partial charge on any atom is -0.478 e. The van der Waals surface area contributed by atoms with Crippen LogP contribution in [0.3, 0.4) is 0 Å². The molecule has 1 amide bonds. The Hall–Kier alpha value is -1.41. The third-order valence-corrected chi connectivity index (χ3v) is 4.47. The first-order chi connectivity index (χ1) is 7.73. The zero-order valence-electron chi connectivity index (χ0n) is 9.13. The van der Waals surface area contributed by atoms with Crippen molar-refractivity contribution in [2.75, 3.05) is 11.6 Å². The van der Waals surface area contributed by atoms with Crippen molar-refractivity contribution >= 4 is 38.1 Å². The number of carboxylic acids is 1. The number of thiophene rings is 1. The first kappa shape index (κ1) is 13.7. The quantitative estimate of drug-likeness (QED) is 0.848. The average molecular weight is 277 g/mol. The number of hydrogen-bond acceptors (Lipinski definition) is 5. The first-order valence-corrected chi connectivity index (χ1v) is 7.37. The molecule has 0 aromatic carbocycles. The molecule has 1 aromatic heterocycles. The Labute approximate surface area is 102 Å². The van der Waals surface area contributed by atoms with Gasteiger partial charge in [-0.05, 0) is 18.4 Å². The van der Waals surface area contributed by atoms with Crippen LogP contribution in [-0.4, -0.2) is 36.9 Å². The molecule has 1 aromatic rings. The minimum atomic E-state index is -3.49. The SMILES string of the molecule is CC(C(=O)Nc1sccc1C(=O)O)S(C)(=O)=O. The van der Waals surface area contributed by atoms with Crippen LogP contribution in [0.15, 0.2) is 11.4 Å². The van der Waals surface area contributed by atoms with Gasteiger partial charge >= 0.3 is 5.97 Å². The van der Waals surface area contributed by atoms with Crippen molar-refractivity contribution in [2.24, 2.45) is 0 Å². The summed E-state index contributed by atoms with van der Waals surface area (Å²) in [7, 11) is -3.49. The van der Waals surface area contributed by atoms with Crippen LogP contribution in [0.2, 0.25) is 0 Å². The Balaban J connectivity index is 2.89. The standard InChI is InChI=1S/C9H11NO5S2/c1-5(17(2,14)15)7(11)10-8-6(9(12)13)3-4-16-8/h3-5H,1-2H3,(H,10,11)(H,12,13). The number of sulfone groups is 1. The number of amides is 1. The Bertz CT molecular complexity index is 545. The van der Waals surface area contributed by atoms with Gasteiger partial charge in [-0.2, -0.15) is 0 Å². The molecule has 94 valence electrons. The Morgan fingerprint density at radius 1 is 1.47 bits per heavy atom. The molecule has 0 saturated heterocycles. The van der Waals surface area contributed by atoms with E-state index in [4.69, 9.17) is 5.11 Å². The topological polar surface area (TPSA) is 101 Å². The largest absolute Gasteiger partial charge is 0.478 e. The van der Waals surface area contributed by atoms with Crippen LogP contribution < -0.4 is 5.32 Å². The van der Waals surface area contributed by atoms with E-state index in [-0.39, 0.29) is 10.6 Å². The molecule has 8 heteroatoms. The molecule has 1 atom stereocenters. The number of aromatic carboxylic acids is 1. The average Bonchev–Trinajstić information content (AvgIpc) is 2.63. The van der Waals surface area contributed by atoms with Crippen molar-refractivity contribution in [3.8, 4) is 0 Å². The van der Waals surface area contributed by atoms with Crippen molar-refractivity contribution in [3.05, 3.63) is 17.0 Å². The maximum atomic E-state index is 11.6. The highest BCUT2D eigenvalue weighted by atomic mass is 32.2. The number of rotatable bonds is 4. The van der Waals surface area contributed by atoms with Gasteiger partial charge in [-0.3, -0.25) is 4.79 Å². The van der Waals surface area contributed by atoms with Crippen LogP contribution in [0.4, 0.5) is 5.00 Å². The van der Waals surface area contributed by atoms with Crippen LogP contribution in [0.5, 0.6) is 0 Å². The summed E-state index contributed by atoms with van der Waals surface area (Å²) < 4.78 is 22.3. The summed E-state index contributed by atoms with van der Waals surface area (Å²) in [5.74, 6) is -1.91. The van der Waals surface area contributed by atoms with Gasteiger partial charge in [-0.25, -0.2) is 13.2 Å². The van der Waals surface area contributed by atoms with Gasteiger partial charge in [-0.1, -0.05) is 0 Å². The zero-order valence-corrected chi connectivity index (χ0v) is 10.8. The van der Waals surface area contributed by atoms with E-state index in [1.807, 2.05) is 0 Å². The second kappa shape index (κ2) is 4.84. The van der Waals surface area contributed by atoms with E-state index in [0.717, 1.165) is 17.6 Å². The second-order valence-corrected chi connectivity index (χ2v) is 6.71. The molecule has 0 aliphatic rings. The van der Waals surface area contributed by atoms with E-state index in [1.54, 1.807) is 0 Å². The summed E-state index contributed by atoms with van der Waals surface area (Å²) in [6, 6.07) is 1.34. The highest BCUT2D eigenvalue weighted by molar-refractivity contribution is 7.92. The number of nitrogens with one attached hydrogen (secondary N) is 1. The lowest BCUT2D eigenvalue weighted by Crippen LogP contribution is -2.31. The molecule has 0 spiro atoms. The lowest BCUT2D eigenvalue weighted by atomic mass is 10.3. The smallest absolute Gasteiger partial charge is 0.338 e. The van der Waals surface area contributed by atoms with Gasteiger partial charge in [0.2, 0.25) is 5.91 Å². The summed E-state index contributed by atoms with van der Waals surface area (Å²) in [5.41, 5.74) is -0.0518. The monoisotopic (exact) mass is 277 g/mol. The molecular weight excluding hydrogens is 266 g/mol. The molecule has 0 saturated carbocycles. The van der Waals surface area contributed by atoms with Crippen LogP contribution in [-0.2, 0) is 14.6 Å². The van der Waals surface area contributed by atoms with Crippen molar-refractivity contribution in [1.29, 1.82) is 0 Å². The van der Waals surface area contributed by atoms with Gasteiger partial charge < -0.3 is 10.4 Å². The summed E-state index contributed by atoms with van der Waals surface area (Å²) >= 11 is 1.03. The molecule has 0 fully saturated rings. The molecule has 0 radical (unpaired) electrons.